The molecule has 1 N–H and O–H groups in total. The van der Waals surface area contributed by atoms with Crippen molar-refractivity contribution >= 4 is 23.6 Å². The van der Waals surface area contributed by atoms with Crippen LogP contribution < -0.4 is 5.32 Å². The highest BCUT2D eigenvalue weighted by Gasteiger charge is 2.23. The second-order valence-corrected chi connectivity index (χ2v) is 5.73. The van der Waals surface area contributed by atoms with Crippen LogP contribution in [0.3, 0.4) is 0 Å². The molecule has 5 heteroatoms. The van der Waals surface area contributed by atoms with E-state index in [1.807, 2.05) is 42.1 Å². The van der Waals surface area contributed by atoms with E-state index in [1.54, 1.807) is 4.90 Å². The molecule has 1 aromatic rings. The van der Waals surface area contributed by atoms with Crippen molar-refractivity contribution in [2.24, 2.45) is 0 Å². The quantitative estimate of drug-likeness (QED) is 0.921. The first kappa shape index (κ1) is 13.9. The number of Topliss-reactive ketones (excluding diaryl/α,β-unsaturated/α-hetero) is 1. The van der Waals surface area contributed by atoms with Crippen LogP contribution in [-0.4, -0.2) is 41.3 Å². The Morgan fingerprint density at radius 2 is 1.84 bits per heavy atom. The van der Waals surface area contributed by atoms with Crippen molar-refractivity contribution in [3.05, 3.63) is 35.9 Å². The summed E-state index contributed by atoms with van der Waals surface area (Å²) in [6, 6.07) is 8.65. The molecule has 2 amide bonds. The average molecular weight is 278 g/mol. The largest absolute Gasteiger partial charge is 0.324 e. The predicted molar refractivity (Wildman–Crippen MR) is 77.3 cm³/mol. The molecule has 0 radical (unpaired) electrons. The molecule has 0 spiro atoms. The first-order valence-corrected chi connectivity index (χ1v) is 7.52. The van der Waals surface area contributed by atoms with Crippen molar-refractivity contribution in [1.82, 2.24) is 10.2 Å². The topological polar surface area (TPSA) is 49.4 Å². The van der Waals surface area contributed by atoms with Gasteiger partial charge in [0.25, 0.3) is 0 Å². The Bertz CT molecular complexity index is 444. The Kier molecular flexibility index (Phi) is 4.85. The maximum Gasteiger partial charge on any atom is 0.318 e. The van der Waals surface area contributed by atoms with E-state index in [0.29, 0.717) is 0 Å². The highest BCUT2D eigenvalue weighted by molar-refractivity contribution is 7.99. The molecule has 4 nitrogen and oxygen atoms in total. The first-order valence-electron chi connectivity index (χ1n) is 6.37. The fourth-order valence-corrected chi connectivity index (χ4v) is 2.95. The van der Waals surface area contributed by atoms with Crippen LogP contribution in [0, 0.1) is 0 Å². The van der Waals surface area contributed by atoms with Gasteiger partial charge in [0.2, 0.25) is 0 Å². The SMILES string of the molecule is CC(=O)[C@H](NC(=O)N1CCSCC1)c1ccccc1. The number of rotatable bonds is 3. The third-order valence-electron chi connectivity index (χ3n) is 3.11. The number of benzene rings is 1. The number of nitrogens with zero attached hydrogens (tertiary/aromatic N) is 1. The molecule has 0 saturated carbocycles. The Hall–Kier alpha value is -1.49. The van der Waals surface area contributed by atoms with Gasteiger partial charge >= 0.3 is 6.03 Å². The maximum atomic E-state index is 12.1. The van der Waals surface area contributed by atoms with Gasteiger partial charge in [0.05, 0.1) is 0 Å². The van der Waals surface area contributed by atoms with Crippen LogP contribution in [0.25, 0.3) is 0 Å². The lowest BCUT2D eigenvalue weighted by Crippen LogP contribution is -2.46. The summed E-state index contributed by atoms with van der Waals surface area (Å²) in [5, 5.41) is 2.83. The van der Waals surface area contributed by atoms with E-state index in [1.165, 1.54) is 6.92 Å². The van der Waals surface area contributed by atoms with E-state index in [2.05, 4.69) is 5.32 Å². The Morgan fingerprint density at radius 1 is 1.21 bits per heavy atom. The van der Waals surface area contributed by atoms with Crippen LogP contribution >= 0.6 is 11.8 Å². The van der Waals surface area contributed by atoms with Crippen molar-refractivity contribution in [3.63, 3.8) is 0 Å². The summed E-state index contributed by atoms with van der Waals surface area (Å²) in [5.74, 6) is 1.87. The van der Waals surface area contributed by atoms with Gasteiger partial charge in [0.1, 0.15) is 6.04 Å². The third-order valence-corrected chi connectivity index (χ3v) is 4.05. The van der Waals surface area contributed by atoms with Crippen molar-refractivity contribution in [1.29, 1.82) is 0 Å². The lowest BCUT2D eigenvalue weighted by atomic mass is 10.0. The number of amides is 2. The number of hydrogen-bond acceptors (Lipinski definition) is 3. The van der Waals surface area contributed by atoms with Gasteiger partial charge in [0, 0.05) is 24.6 Å². The monoisotopic (exact) mass is 278 g/mol. The molecule has 1 fully saturated rings. The predicted octanol–water partition coefficient (Wildman–Crippen LogP) is 2.08. The highest BCUT2D eigenvalue weighted by Crippen LogP contribution is 2.15. The minimum atomic E-state index is -0.553. The zero-order valence-corrected chi connectivity index (χ0v) is 11.8. The summed E-state index contributed by atoms with van der Waals surface area (Å²) >= 11 is 1.85. The molecular formula is C14H18N2O2S. The smallest absolute Gasteiger partial charge is 0.318 e. The number of nitrogens with one attached hydrogen (secondary N) is 1. The van der Waals surface area contributed by atoms with Crippen molar-refractivity contribution in [2.75, 3.05) is 24.6 Å². The van der Waals surface area contributed by atoms with E-state index >= 15 is 0 Å². The van der Waals surface area contributed by atoms with E-state index < -0.39 is 6.04 Å². The summed E-state index contributed by atoms with van der Waals surface area (Å²) in [6.07, 6.45) is 0. The van der Waals surface area contributed by atoms with Gasteiger partial charge in [-0.3, -0.25) is 4.79 Å². The lowest BCUT2D eigenvalue weighted by molar-refractivity contribution is -0.118. The molecule has 0 aliphatic carbocycles. The van der Waals surface area contributed by atoms with E-state index in [4.69, 9.17) is 0 Å². The van der Waals surface area contributed by atoms with Gasteiger partial charge in [-0.25, -0.2) is 4.79 Å². The Balaban J connectivity index is 2.04. The normalized spacial score (nSPS) is 16.8. The second-order valence-electron chi connectivity index (χ2n) is 4.50. The molecule has 0 unspecified atom stereocenters. The second kappa shape index (κ2) is 6.61. The first-order chi connectivity index (χ1) is 9.18. The van der Waals surface area contributed by atoms with Gasteiger partial charge in [-0.1, -0.05) is 30.3 Å². The molecule has 0 aromatic heterocycles. The number of thioether (sulfide) groups is 1. The van der Waals surface area contributed by atoms with Crippen LogP contribution in [0.1, 0.15) is 18.5 Å². The summed E-state index contributed by atoms with van der Waals surface area (Å²) in [7, 11) is 0. The van der Waals surface area contributed by atoms with Gasteiger partial charge in [-0.15, -0.1) is 0 Å². The molecule has 102 valence electrons. The van der Waals surface area contributed by atoms with Crippen LogP contribution in [0.4, 0.5) is 4.79 Å². The lowest BCUT2D eigenvalue weighted by Gasteiger charge is -2.28. The van der Waals surface area contributed by atoms with Crippen molar-refractivity contribution in [3.8, 4) is 0 Å². The van der Waals surface area contributed by atoms with Crippen LogP contribution in [0.2, 0.25) is 0 Å². The average Bonchev–Trinajstić information content (AvgIpc) is 2.46. The number of ketones is 1. The van der Waals surface area contributed by atoms with Gasteiger partial charge in [-0.2, -0.15) is 11.8 Å². The zero-order valence-electron chi connectivity index (χ0n) is 11.0. The summed E-state index contributed by atoms with van der Waals surface area (Å²) in [4.78, 5) is 25.6. The van der Waals surface area contributed by atoms with E-state index in [-0.39, 0.29) is 11.8 Å². The number of hydrogen-bond donors (Lipinski definition) is 1. The molecule has 19 heavy (non-hydrogen) atoms. The molecule has 2 rings (SSSR count). The third kappa shape index (κ3) is 3.73. The molecular weight excluding hydrogens is 260 g/mol. The van der Waals surface area contributed by atoms with E-state index in [0.717, 1.165) is 30.2 Å². The van der Waals surface area contributed by atoms with Gasteiger partial charge in [-0.05, 0) is 12.5 Å². The molecule has 1 atom stereocenters. The molecule has 1 heterocycles. The molecule has 0 bridgehead atoms. The fraction of sp³-hybridized carbons (Fsp3) is 0.429. The Labute approximate surface area is 117 Å². The van der Waals surface area contributed by atoms with E-state index in [9.17, 15) is 9.59 Å². The summed E-state index contributed by atoms with van der Waals surface area (Å²) < 4.78 is 0. The number of carbonyl (C=O) groups excluding carboxylic acids is 2. The maximum absolute atomic E-state index is 12.1. The minimum Gasteiger partial charge on any atom is -0.324 e. The van der Waals surface area contributed by atoms with Crippen LogP contribution in [0.15, 0.2) is 30.3 Å². The summed E-state index contributed by atoms with van der Waals surface area (Å²) in [5.41, 5.74) is 0.828. The highest BCUT2D eigenvalue weighted by atomic mass is 32.2. The van der Waals surface area contributed by atoms with Crippen LogP contribution in [0.5, 0.6) is 0 Å². The fourth-order valence-electron chi connectivity index (χ4n) is 2.05. The molecule has 1 aliphatic rings. The molecule has 1 saturated heterocycles. The van der Waals surface area contributed by atoms with Crippen molar-refractivity contribution < 1.29 is 9.59 Å². The van der Waals surface area contributed by atoms with Crippen molar-refractivity contribution in [2.45, 2.75) is 13.0 Å². The van der Waals surface area contributed by atoms with Crippen LogP contribution in [-0.2, 0) is 4.79 Å². The van der Waals surface area contributed by atoms with Gasteiger partial charge in [0.15, 0.2) is 5.78 Å². The Morgan fingerprint density at radius 3 is 2.42 bits per heavy atom. The number of urea groups is 1. The number of carbonyl (C=O) groups is 2. The molecule has 1 aromatic carbocycles. The standard InChI is InChI=1S/C14H18N2O2S/c1-11(17)13(12-5-3-2-4-6-12)15-14(18)16-7-9-19-10-8-16/h2-6,13H,7-10H2,1H3,(H,15,18)/t13-/m0/s1. The van der Waals surface area contributed by atoms with Gasteiger partial charge < -0.3 is 10.2 Å². The zero-order chi connectivity index (χ0) is 13.7. The molecule has 1 aliphatic heterocycles. The minimum absolute atomic E-state index is 0.0501. The summed E-state index contributed by atoms with van der Waals surface area (Å²) in [6.45, 7) is 3.00.